The molecule has 0 radical (unpaired) electrons. The highest BCUT2D eigenvalue weighted by atomic mass is 16.5. The average molecular weight is 213 g/mol. The summed E-state index contributed by atoms with van der Waals surface area (Å²) in [5.74, 6) is 0. The fourth-order valence-electron chi connectivity index (χ4n) is 2.22. The molecule has 0 aromatic rings. The van der Waals surface area contributed by atoms with Crippen LogP contribution in [0.5, 0.6) is 0 Å². The van der Waals surface area contributed by atoms with Crippen LogP contribution >= 0.6 is 0 Å². The summed E-state index contributed by atoms with van der Waals surface area (Å²) in [6, 6.07) is 0. The lowest BCUT2D eigenvalue weighted by molar-refractivity contribution is 0.142. The Labute approximate surface area is 95.0 Å². The summed E-state index contributed by atoms with van der Waals surface area (Å²) < 4.78 is 5.32. The molecule has 1 aliphatic rings. The Morgan fingerprint density at radius 3 is 2.40 bits per heavy atom. The molecule has 1 saturated heterocycles. The van der Waals surface area contributed by atoms with Crippen molar-refractivity contribution >= 4 is 0 Å². The van der Waals surface area contributed by atoms with E-state index in [4.69, 9.17) is 4.74 Å². The third-order valence-corrected chi connectivity index (χ3v) is 3.17. The number of hydrogen-bond donors (Lipinski definition) is 0. The summed E-state index contributed by atoms with van der Waals surface area (Å²) in [5, 5.41) is 0. The number of ether oxygens (including phenoxy) is 1. The van der Waals surface area contributed by atoms with E-state index >= 15 is 0 Å². The number of piperidine rings is 1. The summed E-state index contributed by atoms with van der Waals surface area (Å²) in [6.07, 6.45) is 9.64. The lowest BCUT2D eigenvalue weighted by atomic mass is 10.1. The van der Waals surface area contributed by atoms with Crippen molar-refractivity contribution in [3.63, 3.8) is 0 Å². The van der Waals surface area contributed by atoms with Crippen LogP contribution in [0.1, 0.15) is 51.9 Å². The SMILES string of the molecule is CCOCCCCCCN1CCCCC1. The van der Waals surface area contributed by atoms with E-state index in [-0.39, 0.29) is 0 Å². The molecular formula is C13H27NO. The maximum Gasteiger partial charge on any atom is 0.0465 e. The van der Waals surface area contributed by atoms with Gasteiger partial charge in [-0.25, -0.2) is 0 Å². The Morgan fingerprint density at radius 2 is 1.67 bits per heavy atom. The molecule has 0 atom stereocenters. The van der Waals surface area contributed by atoms with Gasteiger partial charge < -0.3 is 9.64 Å². The molecule has 1 aliphatic heterocycles. The van der Waals surface area contributed by atoms with E-state index in [1.165, 1.54) is 64.6 Å². The first-order valence-electron chi connectivity index (χ1n) is 6.73. The number of hydrogen-bond acceptors (Lipinski definition) is 2. The van der Waals surface area contributed by atoms with E-state index in [0.29, 0.717) is 0 Å². The molecule has 0 bridgehead atoms. The minimum absolute atomic E-state index is 0.869. The monoisotopic (exact) mass is 213 g/mol. The second-order valence-electron chi connectivity index (χ2n) is 4.51. The molecule has 2 nitrogen and oxygen atoms in total. The molecule has 0 aromatic heterocycles. The van der Waals surface area contributed by atoms with Gasteiger partial charge in [-0.3, -0.25) is 0 Å². The van der Waals surface area contributed by atoms with E-state index in [2.05, 4.69) is 11.8 Å². The second kappa shape index (κ2) is 9.17. The lowest BCUT2D eigenvalue weighted by Gasteiger charge is -2.26. The van der Waals surface area contributed by atoms with E-state index in [9.17, 15) is 0 Å². The molecule has 1 rings (SSSR count). The minimum Gasteiger partial charge on any atom is -0.382 e. The molecule has 0 spiro atoms. The van der Waals surface area contributed by atoms with E-state index in [1.807, 2.05) is 0 Å². The van der Waals surface area contributed by atoms with Crippen LogP contribution in [0.25, 0.3) is 0 Å². The zero-order valence-corrected chi connectivity index (χ0v) is 10.3. The third-order valence-electron chi connectivity index (χ3n) is 3.17. The van der Waals surface area contributed by atoms with Gasteiger partial charge in [0.05, 0.1) is 0 Å². The predicted octanol–water partition coefficient (Wildman–Crippen LogP) is 3.07. The fourth-order valence-corrected chi connectivity index (χ4v) is 2.22. The summed E-state index contributed by atoms with van der Waals surface area (Å²) in [5.41, 5.74) is 0. The first-order valence-corrected chi connectivity index (χ1v) is 6.73. The van der Waals surface area contributed by atoms with E-state index < -0.39 is 0 Å². The maximum absolute atomic E-state index is 5.32. The Bertz CT molecular complexity index is 132. The van der Waals surface area contributed by atoms with Crippen molar-refractivity contribution < 1.29 is 4.74 Å². The Morgan fingerprint density at radius 1 is 0.933 bits per heavy atom. The molecule has 1 heterocycles. The van der Waals surface area contributed by atoms with Crippen LogP contribution in [0.15, 0.2) is 0 Å². The summed E-state index contributed by atoms with van der Waals surface area (Å²) in [7, 11) is 0. The largest absolute Gasteiger partial charge is 0.382 e. The van der Waals surface area contributed by atoms with Gasteiger partial charge >= 0.3 is 0 Å². The van der Waals surface area contributed by atoms with Gasteiger partial charge in [0.15, 0.2) is 0 Å². The highest BCUT2D eigenvalue weighted by molar-refractivity contribution is 4.64. The van der Waals surface area contributed by atoms with Gasteiger partial charge in [-0.2, -0.15) is 0 Å². The standard InChI is InChI=1S/C13H27NO/c1-2-15-13-9-4-3-6-10-14-11-7-5-8-12-14/h2-13H2,1H3. The Hall–Kier alpha value is -0.0800. The van der Waals surface area contributed by atoms with Crippen LogP contribution in [0, 0.1) is 0 Å². The smallest absolute Gasteiger partial charge is 0.0465 e. The van der Waals surface area contributed by atoms with Crippen LogP contribution in [0.2, 0.25) is 0 Å². The van der Waals surface area contributed by atoms with Crippen LogP contribution in [-0.4, -0.2) is 37.7 Å². The van der Waals surface area contributed by atoms with Crippen molar-refractivity contribution in [2.24, 2.45) is 0 Å². The predicted molar refractivity (Wildman–Crippen MR) is 65.3 cm³/mol. The van der Waals surface area contributed by atoms with Crippen molar-refractivity contribution in [1.29, 1.82) is 0 Å². The first kappa shape index (κ1) is 13.0. The second-order valence-corrected chi connectivity index (χ2v) is 4.51. The summed E-state index contributed by atoms with van der Waals surface area (Å²) >= 11 is 0. The average Bonchev–Trinajstić information content (AvgIpc) is 2.29. The van der Waals surface area contributed by atoms with Crippen molar-refractivity contribution in [2.75, 3.05) is 32.8 Å². The molecule has 0 amide bonds. The van der Waals surface area contributed by atoms with Crippen LogP contribution in [0.4, 0.5) is 0 Å². The van der Waals surface area contributed by atoms with Gasteiger partial charge in [0, 0.05) is 13.2 Å². The lowest BCUT2D eigenvalue weighted by Crippen LogP contribution is -2.30. The van der Waals surface area contributed by atoms with Crippen molar-refractivity contribution in [3.05, 3.63) is 0 Å². The number of likely N-dealkylation sites (tertiary alicyclic amines) is 1. The topological polar surface area (TPSA) is 12.5 Å². The highest BCUT2D eigenvalue weighted by Gasteiger charge is 2.08. The molecule has 1 fully saturated rings. The molecule has 90 valence electrons. The molecular weight excluding hydrogens is 186 g/mol. The summed E-state index contributed by atoms with van der Waals surface area (Å²) in [6.45, 7) is 7.91. The molecule has 0 N–H and O–H groups in total. The van der Waals surface area contributed by atoms with E-state index in [0.717, 1.165) is 13.2 Å². The van der Waals surface area contributed by atoms with Crippen LogP contribution in [0.3, 0.4) is 0 Å². The number of rotatable bonds is 8. The number of unbranched alkanes of at least 4 members (excludes halogenated alkanes) is 3. The zero-order valence-electron chi connectivity index (χ0n) is 10.3. The maximum atomic E-state index is 5.32. The van der Waals surface area contributed by atoms with Gasteiger partial charge in [-0.15, -0.1) is 0 Å². The fraction of sp³-hybridized carbons (Fsp3) is 1.00. The van der Waals surface area contributed by atoms with Gasteiger partial charge in [-0.05, 0) is 52.2 Å². The van der Waals surface area contributed by atoms with Crippen LogP contribution in [-0.2, 0) is 4.74 Å². The first-order chi connectivity index (χ1) is 7.43. The quantitative estimate of drug-likeness (QED) is 0.575. The molecule has 15 heavy (non-hydrogen) atoms. The van der Waals surface area contributed by atoms with Crippen LogP contribution < -0.4 is 0 Å². The third kappa shape index (κ3) is 6.91. The molecule has 0 unspecified atom stereocenters. The zero-order chi connectivity index (χ0) is 10.8. The van der Waals surface area contributed by atoms with Crippen molar-refractivity contribution in [1.82, 2.24) is 4.90 Å². The van der Waals surface area contributed by atoms with E-state index in [1.54, 1.807) is 0 Å². The van der Waals surface area contributed by atoms with Crippen molar-refractivity contribution in [2.45, 2.75) is 51.9 Å². The van der Waals surface area contributed by atoms with Gasteiger partial charge in [0.1, 0.15) is 0 Å². The minimum atomic E-state index is 0.869. The van der Waals surface area contributed by atoms with Gasteiger partial charge in [0.2, 0.25) is 0 Å². The van der Waals surface area contributed by atoms with Gasteiger partial charge in [-0.1, -0.05) is 19.3 Å². The molecule has 0 aliphatic carbocycles. The van der Waals surface area contributed by atoms with Crippen molar-refractivity contribution in [3.8, 4) is 0 Å². The van der Waals surface area contributed by atoms with Gasteiger partial charge in [0.25, 0.3) is 0 Å². The highest BCUT2D eigenvalue weighted by Crippen LogP contribution is 2.10. The Kier molecular flexibility index (Phi) is 7.94. The molecule has 0 saturated carbocycles. The Balaban J connectivity index is 1.79. The summed E-state index contributed by atoms with van der Waals surface area (Å²) in [4.78, 5) is 2.63. The normalized spacial score (nSPS) is 18.2. The molecule has 2 heteroatoms. The number of nitrogens with zero attached hydrogens (tertiary/aromatic N) is 1. The molecule has 0 aromatic carbocycles.